The zero-order valence-electron chi connectivity index (χ0n) is 30.4. The number of fused-ring (bicyclic) bond motifs is 6. The number of nitrogens with zero attached hydrogens (tertiary/aromatic N) is 4. The van der Waals surface area contributed by atoms with Gasteiger partial charge in [0.25, 0.3) is 0 Å². The summed E-state index contributed by atoms with van der Waals surface area (Å²) in [4.78, 5) is 11.0. The van der Waals surface area contributed by atoms with Gasteiger partial charge in [0, 0.05) is 38.7 Å². The van der Waals surface area contributed by atoms with Gasteiger partial charge in [-0.15, -0.1) is 0 Å². The summed E-state index contributed by atoms with van der Waals surface area (Å²) in [5, 5.41) is 3.50. The van der Waals surface area contributed by atoms with Gasteiger partial charge in [-0.3, -0.25) is 4.57 Å². The molecule has 56 heavy (non-hydrogen) atoms. The van der Waals surface area contributed by atoms with Crippen LogP contribution in [0.5, 0.6) is 0 Å². The van der Waals surface area contributed by atoms with E-state index in [-0.39, 0.29) is 0 Å². The molecule has 0 aliphatic carbocycles. The number of rotatable bonds is 6. The van der Waals surface area contributed by atoms with Crippen molar-refractivity contribution in [2.24, 2.45) is 0 Å². The van der Waals surface area contributed by atoms with Crippen molar-refractivity contribution >= 4 is 43.9 Å². The second-order valence-corrected chi connectivity index (χ2v) is 14.2. The fourth-order valence-electron chi connectivity index (χ4n) is 8.30. The Morgan fingerprint density at radius 3 is 1.45 bits per heavy atom. The van der Waals surface area contributed by atoms with Crippen LogP contribution in [0.1, 0.15) is 0 Å². The highest BCUT2D eigenvalue weighted by Gasteiger charge is 2.21. The number of para-hydroxylation sites is 2. The predicted octanol–water partition coefficient (Wildman–Crippen LogP) is 13.3. The van der Waals surface area contributed by atoms with Gasteiger partial charge in [-0.1, -0.05) is 152 Å². The molecule has 3 aromatic heterocycles. The van der Waals surface area contributed by atoms with E-state index in [4.69, 9.17) is 9.97 Å². The maximum absolute atomic E-state index is 5.50. The van der Waals surface area contributed by atoms with Crippen molar-refractivity contribution in [3.8, 4) is 56.1 Å². The Hall–Kier alpha value is -7.56. The van der Waals surface area contributed by atoms with Gasteiger partial charge < -0.3 is 4.57 Å². The summed E-state index contributed by atoms with van der Waals surface area (Å²) in [5.74, 6) is 0. The Morgan fingerprint density at radius 2 is 0.768 bits per heavy atom. The van der Waals surface area contributed by atoms with Gasteiger partial charge in [0.2, 0.25) is 0 Å². The first-order valence-corrected chi connectivity index (χ1v) is 19.0. The molecule has 11 aromatic rings. The van der Waals surface area contributed by atoms with Crippen LogP contribution in [0, 0.1) is 0 Å². The highest BCUT2D eigenvalue weighted by Crippen LogP contribution is 2.40. The summed E-state index contributed by atoms with van der Waals surface area (Å²) in [6.45, 7) is 0. The Labute approximate surface area is 324 Å². The van der Waals surface area contributed by atoms with Crippen molar-refractivity contribution < 1.29 is 0 Å². The molecule has 0 bridgehead atoms. The minimum absolute atomic E-state index is 0.832. The monoisotopic (exact) mass is 714 g/mol. The van der Waals surface area contributed by atoms with Gasteiger partial charge in [-0.25, -0.2) is 9.97 Å². The predicted molar refractivity (Wildman–Crippen MR) is 232 cm³/mol. The van der Waals surface area contributed by atoms with Crippen LogP contribution in [0.3, 0.4) is 0 Å². The molecule has 4 heteroatoms. The molecule has 0 aliphatic rings. The van der Waals surface area contributed by atoms with E-state index in [1.165, 1.54) is 32.9 Å². The molecule has 0 aliphatic heterocycles. The molecule has 0 saturated heterocycles. The molecular weight excluding hydrogens is 681 g/mol. The first-order valence-electron chi connectivity index (χ1n) is 19.0. The van der Waals surface area contributed by atoms with E-state index in [9.17, 15) is 0 Å². The van der Waals surface area contributed by atoms with Crippen molar-refractivity contribution in [2.75, 3.05) is 0 Å². The minimum Gasteiger partial charge on any atom is -0.309 e. The highest BCUT2D eigenvalue weighted by molar-refractivity contribution is 6.12. The van der Waals surface area contributed by atoms with E-state index < -0.39 is 0 Å². The van der Waals surface area contributed by atoms with Crippen molar-refractivity contribution in [3.63, 3.8) is 0 Å². The van der Waals surface area contributed by atoms with Crippen LogP contribution < -0.4 is 0 Å². The summed E-state index contributed by atoms with van der Waals surface area (Å²) in [7, 11) is 0. The summed E-state index contributed by atoms with van der Waals surface area (Å²) in [6, 6.07) is 73.1. The Morgan fingerprint density at radius 1 is 0.286 bits per heavy atom. The number of benzene rings is 8. The van der Waals surface area contributed by atoms with Crippen LogP contribution in [0.2, 0.25) is 0 Å². The number of hydrogen-bond donors (Lipinski definition) is 0. The first kappa shape index (κ1) is 31.9. The smallest absolute Gasteiger partial charge is 0.165 e. The normalized spacial score (nSPS) is 11.6. The van der Waals surface area contributed by atoms with Crippen molar-refractivity contribution in [1.29, 1.82) is 0 Å². The molecular formula is C52H34N4. The van der Waals surface area contributed by atoms with Crippen LogP contribution in [-0.4, -0.2) is 19.1 Å². The van der Waals surface area contributed by atoms with Crippen LogP contribution >= 0.6 is 0 Å². The van der Waals surface area contributed by atoms with Crippen LogP contribution in [0.4, 0.5) is 0 Å². The van der Waals surface area contributed by atoms with Crippen LogP contribution in [-0.2, 0) is 0 Å². The first-order chi connectivity index (χ1) is 27.8. The zero-order chi connectivity index (χ0) is 37.0. The third kappa shape index (κ3) is 5.23. The van der Waals surface area contributed by atoms with Crippen molar-refractivity contribution in [1.82, 2.24) is 19.1 Å². The average molecular weight is 715 g/mol. The Balaban J connectivity index is 1.13. The maximum Gasteiger partial charge on any atom is 0.165 e. The van der Waals surface area contributed by atoms with Gasteiger partial charge in [-0.05, 0) is 76.9 Å². The van der Waals surface area contributed by atoms with E-state index in [1.54, 1.807) is 0 Å². The summed E-state index contributed by atoms with van der Waals surface area (Å²) >= 11 is 0. The third-order valence-corrected chi connectivity index (χ3v) is 10.9. The van der Waals surface area contributed by atoms with Gasteiger partial charge in [0.05, 0.1) is 27.9 Å². The molecule has 11 rings (SSSR count). The van der Waals surface area contributed by atoms with Crippen LogP contribution in [0.15, 0.2) is 206 Å². The largest absolute Gasteiger partial charge is 0.309 e. The molecule has 3 heterocycles. The molecule has 0 amide bonds. The summed E-state index contributed by atoms with van der Waals surface area (Å²) < 4.78 is 4.64. The van der Waals surface area contributed by atoms with E-state index in [1.807, 2.05) is 12.1 Å². The second-order valence-electron chi connectivity index (χ2n) is 14.2. The molecule has 0 atom stereocenters. The lowest BCUT2D eigenvalue weighted by Crippen LogP contribution is -1.99. The molecule has 8 aromatic carbocycles. The quantitative estimate of drug-likeness (QED) is 0.172. The van der Waals surface area contributed by atoms with Crippen molar-refractivity contribution in [3.05, 3.63) is 206 Å². The van der Waals surface area contributed by atoms with E-state index >= 15 is 0 Å². The molecule has 0 spiro atoms. The zero-order valence-corrected chi connectivity index (χ0v) is 30.4. The standard InChI is InChI=1S/C52H34N4/c1-5-16-35(17-6-1)38-22-15-25-42(32-38)55-46-27-14-13-26-43(46)44-33-39(28-30-47(44)55)40-29-31-48-45(34-40)51-52(56(48)41-23-11-4-12-24-41)54-50(37-20-9-3-10-21-37)49(53-51)36-18-7-2-8-19-36/h1-34H. The van der Waals surface area contributed by atoms with Gasteiger partial charge >= 0.3 is 0 Å². The number of hydrogen-bond acceptors (Lipinski definition) is 2. The van der Waals surface area contributed by atoms with E-state index in [0.717, 1.165) is 67.1 Å². The second kappa shape index (κ2) is 13.1. The fourth-order valence-corrected chi connectivity index (χ4v) is 8.30. The minimum atomic E-state index is 0.832. The van der Waals surface area contributed by atoms with Crippen LogP contribution in [0.25, 0.3) is 100 Å². The summed E-state index contributed by atoms with van der Waals surface area (Å²) in [6.07, 6.45) is 0. The van der Waals surface area contributed by atoms with Gasteiger partial charge in [0.1, 0.15) is 5.52 Å². The fraction of sp³-hybridized carbons (Fsp3) is 0. The molecule has 4 nitrogen and oxygen atoms in total. The van der Waals surface area contributed by atoms with Gasteiger partial charge in [-0.2, -0.15) is 0 Å². The Kier molecular flexibility index (Phi) is 7.46. The molecule has 0 fully saturated rings. The average Bonchev–Trinajstić information content (AvgIpc) is 3.79. The molecule has 0 N–H and O–H groups in total. The summed E-state index contributed by atoms with van der Waals surface area (Å²) in [5.41, 5.74) is 15.8. The van der Waals surface area contributed by atoms with Crippen molar-refractivity contribution in [2.45, 2.75) is 0 Å². The SMILES string of the molecule is c1ccc(-c2cccc(-n3c4ccccc4c4cc(-c5ccc6c(c5)c5nc(-c7ccccc7)c(-c7ccccc7)nc5n6-c5ccccc5)ccc43)c2)cc1. The van der Waals surface area contributed by atoms with E-state index in [0.29, 0.717) is 0 Å². The lowest BCUT2D eigenvalue weighted by Gasteiger charge is -2.11. The Bertz CT molecular complexity index is 3220. The molecule has 0 saturated carbocycles. The third-order valence-electron chi connectivity index (χ3n) is 10.9. The molecule has 262 valence electrons. The molecule has 0 radical (unpaired) electrons. The van der Waals surface area contributed by atoms with E-state index in [2.05, 4.69) is 203 Å². The maximum atomic E-state index is 5.50. The lowest BCUT2D eigenvalue weighted by molar-refractivity contribution is 1.13. The topological polar surface area (TPSA) is 35.6 Å². The highest BCUT2D eigenvalue weighted by atomic mass is 15.1. The lowest BCUT2D eigenvalue weighted by atomic mass is 10.0. The molecule has 0 unspecified atom stereocenters. The van der Waals surface area contributed by atoms with Gasteiger partial charge in [0.15, 0.2) is 5.65 Å². The number of aromatic nitrogens is 4.